The predicted octanol–water partition coefficient (Wildman–Crippen LogP) is 1.91. The third kappa shape index (κ3) is 3.01. The summed E-state index contributed by atoms with van der Waals surface area (Å²) in [5.41, 5.74) is -0.611. The smallest absolute Gasteiger partial charge is 0.309 e. The lowest BCUT2D eigenvalue weighted by molar-refractivity contribution is -0.151. The minimum absolute atomic E-state index is 0.455. The molecule has 0 aliphatic carbocycles. The highest BCUT2D eigenvalue weighted by Crippen LogP contribution is 2.33. The fraction of sp³-hybridized carbons (Fsp3) is 0.500. The van der Waals surface area contributed by atoms with Crippen LogP contribution >= 0.6 is 0 Å². The number of hydrogen-bond donors (Lipinski definition) is 2. The van der Waals surface area contributed by atoms with Crippen LogP contribution in [0.25, 0.3) is 0 Å². The molecule has 4 heteroatoms. The molecular weight excluding hydrogens is 230 g/mol. The van der Waals surface area contributed by atoms with Crippen molar-refractivity contribution in [3.8, 4) is 5.75 Å². The summed E-state index contributed by atoms with van der Waals surface area (Å²) in [4.78, 5) is 11.4. The van der Waals surface area contributed by atoms with Crippen LogP contribution in [0.2, 0.25) is 0 Å². The van der Waals surface area contributed by atoms with E-state index in [2.05, 4.69) is 5.32 Å². The monoisotopic (exact) mass is 249 g/mol. The summed E-state index contributed by atoms with van der Waals surface area (Å²) < 4.78 is 5.60. The Balaban J connectivity index is 1.88. The van der Waals surface area contributed by atoms with E-state index in [1.165, 1.54) is 0 Å². The highest BCUT2D eigenvalue weighted by Gasteiger charge is 2.39. The average molecular weight is 249 g/mol. The molecule has 1 aliphatic rings. The molecule has 0 atom stereocenters. The summed E-state index contributed by atoms with van der Waals surface area (Å²) >= 11 is 0. The summed E-state index contributed by atoms with van der Waals surface area (Å²) in [7, 11) is 0. The Morgan fingerprint density at radius 3 is 2.56 bits per heavy atom. The minimum Gasteiger partial charge on any atom is -0.494 e. The number of piperidine rings is 1. The maximum Gasteiger partial charge on any atom is 0.309 e. The molecule has 0 aromatic heterocycles. The second-order valence-electron chi connectivity index (χ2n) is 4.75. The van der Waals surface area contributed by atoms with Gasteiger partial charge < -0.3 is 15.2 Å². The van der Waals surface area contributed by atoms with Crippen LogP contribution in [0.3, 0.4) is 0 Å². The second kappa shape index (κ2) is 5.87. The quantitative estimate of drug-likeness (QED) is 0.837. The minimum atomic E-state index is -0.694. The lowest BCUT2D eigenvalue weighted by Gasteiger charge is -2.33. The zero-order valence-electron chi connectivity index (χ0n) is 10.4. The molecule has 18 heavy (non-hydrogen) atoms. The van der Waals surface area contributed by atoms with Crippen LogP contribution in [0.1, 0.15) is 19.3 Å². The largest absolute Gasteiger partial charge is 0.494 e. The lowest BCUT2D eigenvalue weighted by atomic mass is 9.76. The molecule has 1 fully saturated rings. The number of benzene rings is 1. The van der Waals surface area contributed by atoms with Gasteiger partial charge in [-0.3, -0.25) is 4.79 Å². The number of carboxylic acids is 1. The zero-order chi connectivity index (χ0) is 12.8. The molecular formula is C14H19NO3. The number of carbonyl (C=O) groups is 1. The fourth-order valence-electron chi connectivity index (χ4n) is 2.36. The normalized spacial score (nSPS) is 18.2. The Morgan fingerprint density at radius 1 is 1.28 bits per heavy atom. The molecule has 0 amide bonds. The molecule has 1 heterocycles. The first kappa shape index (κ1) is 12.9. The SMILES string of the molecule is O=C(O)C1(CCOc2ccccc2)CCNCC1. The summed E-state index contributed by atoms with van der Waals surface area (Å²) in [6.45, 7) is 2.01. The third-order valence-corrected chi connectivity index (χ3v) is 3.61. The van der Waals surface area contributed by atoms with Gasteiger partial charge in [-0.1, -0.05) is 18.2 Å². The molecule has 1 saturated heterocycles. The Kier molecular flexibility index (Phi) is 4.20. The van der Waals surface area contributed by atoms with Crippen molar-refractivity contribution in [1.82, 2.24) is 5.32 Å². The van der Waals surface area contributed by atoms with Crippen molar-refractivity contribution in [2.24, 2.45) is 5.41 Å². The lowest BCUT2D eigenvalue weighted by Crippen LogP contribution is -2.43. The van der Waals surface area contributed by atoms with Gasteiger partial charge in [0.1, 0.15) is 5.75 Å². The van der Waals surface area contributed by atoms with Crippen molar-refractivity contribution in [3.05, 3.63) is 30.3 Å². The highest BCUT2D eigenvalue weighted by molar-refractivity contribution is 5.74. The molecule has 1 aromatic carbocycles. The van der Waals surface area contributed by atoms with Gasteiger partial charge in [-0.05, 0) is 44.5 Å². The van der Waals surface area contributed by atoms with E-state index < -0.39 is 11.4 Å². The van der Waals surface area contributed by atoms with E-state index in [4.69, 9.17) is 4.74 Å². The van der Waals surface area contributed by atoms with Crippen LogP contribution in [0.15, 0.2) is 30.3 Å². The van der Waals surface area contributed by atoms with Crippen LogP contribution < -0.4 is 10.1 Å². The van der Waals surface area contributed by atoms with Gasteiger partial charge in [0.2, 0.25) is 0 Å². The summed E-state index contributed by atoms with van der Waals surface area (Å²) in [5.74, 6) is 0.104. The van der Waals surface area contributed by atoms with Crippen molar-refractivity contribution < 1.29 is 14.6 Å². The molecule has 0 bridgehead atoms. The maximum absolute atomic E-state index is 11.4. The maximum atomic E-state index is 11.4. The summed E-state index contributed by atoms with van der Waals surface area (Å²) in [6.07, 6.45) is 1.93. The number of para-hydroxylation sites is 1. The summed E-state index contributed by atoms with van der Waals surface area (Å²) in [6, 6.07) is 9.52. The average Bonchev–Trinajstić information content (AvgIpc) is 2.41. The van der Waals surface area contributed by atoms with E-state index in [1.807, 2.05) is 30.3 Å². The van der Waals surface area contributed by atoms with Gasteiger partial charge in [-0.15, -0.1) is 0 Å². The second-order valence-corrected chi connectivity index (χ2v) is 4.75. The molecule has 98 valence electrons. The van der Waals surface area contributed by atoms with Gasteiger partial charge in [0, 0.05) is 0 Å². The van der Waals surface area contributed by atoms with Crippen LogP contribution in [-0.4, -0.2) is 30.8 Å². The predicted molar refractivity (Wildman–Crippen MR) is 68.7 cm³/mol. The Bertz CT molecular complexity index is 385. The van der Waals surface area contributed by atoms with E-state index >= 15 is 0 Å². The Morgan fingerprint density at radius 2 is 1.94 bits per heavy atom. The zero-order valence-corrected chi connectivity index (χ0v) is 10.4. The molecule has 1 aliphatic heterocycles. The van der Waals surface area contributed by atoms with Crippen molar-refractivity contribution in [2.45, 2.75) is 19.3 Å². The first-order valence-corrected chi connectivity index (χ1v) is 6.35. The molecule has 1 aromatic rings. The van der Waals surface area contributed by atoms with Gasteiger partial charge in [-0.25, -0.2) is 0 Å². The molecule has 0 unspecified atom stereocenters. The number of carboxylic acid groups (broad SMARTS) is 1. The van der Waals surface area contributed by atoms with E-state index in [1.54, 1.807) is 0 Å². The van der Waals surface area contributed by atoms with Crippen molar-refractivity contribution in [1.29, 1.82) is 0 Å². The first-order valence-electron chi connectivity index (χ1n) is 6.35. The van der Waals surface area contributed by atoms with Crippen molar-refractivity contribution >= 4 is 5.97 Å². The third-order valence-electron chi connectivity index (χ3n) is 3.61. The first-order chi connectivity index (χ1) is 8.73. The van der Waals surface area contributed by atoms with Crippen molar-refractivity contribution in [3.63, 3.8) is 0 Å². The number of rotatable bonds is 5. The van der Waals surface area contributed by atoms with Crippen LogP contribution in [0.5, 0.6) is 5.75 Å². The molecule has 0 spiro atoms. The summed E-state index contributed by atoms with van der Waals surface area (Å²) in [5, 5.41) is 12.6. The molecule has 4 nitrogen and oxygen atoms in total. The molecule has 2 rings (SSSR count). The van der Waals surface area contributed by atoms with Gasteiger partial charge in [0.25, 0.3) is 0 Å². The van der Waals surface area contributed by atoms with Gasteiger partial charge in [0.05, 0.1) is 12.0 Å². The van der Waals surface area contributed by atoms with Gasteiger partial charge in [-0.2, -0.15) is 0 Å². The number of nitrogens with one attached hydrogen (secondary N) is 1. The van der Waals surface area contributed by atoms with Gasteiger partial charge in [0.15, 0.2) is 0 Å². The number of hydrogen-bond acceptors (Lipinski definition) is 3. The van der Waals surface area contributed by atoms with Crippen LogP contribution in [0.4, 0.5) is 0 Å². The van der Waals surface area contributed by atoms with E-state index in [-0.39, 0.29) is 0 Å². The topological polar surface area (TPSA) is 58.6 Å². The Hall–Kier alpha value is -1.55. The van der Waals surface area contributed by atoms with E-state index in [9.17, 15) is 9.90 Å². The van der Waals surface area contributed by atoms with E-state index in [0.717, 1.165) is 18.8 Å². The molecule has 0 radical (unpaired) electrons. The molecule has 0 saturated carbocycles. The fourth-order valence-corrected chi connectivity index (χ4v) is 2.36. The number of ether oxygens (including phenoxy) is 1. The highest BCUT2D eigenvalue weighted by atomic mass is 16.5. The van der Waals surface area contributed by atoms with Gasteiger partial charge >= 0.3 is 5.97 Å². The van der Waals surface area contributed by atoms with Crippen molar-refractivity contribution in [2.75, 3.05) is 19.7 Å². The van der Waals surface area contributed by atoms with Crippen LogP contribution in [-0.2, 0) is 4.79 Å². The number of aliphatic carboxylic acids is 1. The van der Waals surface area contributed by atoms with Crippen LogP contribution in [0, 0.1) is 5.41 Å². The Labute approximate surface area is 107 Å². The molecule has 2 N–H and O–H groups in total. The standard InChI is InChI=1S/C14H19NO3/c16-13(17)14(6-9-15-10-7-14)8-11-18-12-4-2-1-3-5-12/h1-5,15H,6-11H2,(H,16,17). The van der Waals surface area contributed by atoms with E-state index in [0.29, 0.717) is 25.9 Å².